The second-order valence-corrected chi connectivity index (χ2v) is 23.0. The third-order valence-corrected chi connectivity index (χ3v) is 17.8. The van der Waals surface area contributed by atoms with Gasteiger partial charge in [-0.05, 0) is 44.8 Å². The molecular weight excluding hydrogens is 401 g/mol. The second-order valence-electron chi connectivity index (χ2n) is 8.08. The van der Waals surface area contributed by atoms with E-state index >= 15 is 0 Å². The topological polar surface area (TPSA) is 27.7 Å². The van der Waals surface area contributed by atoms with Crippen molar-refractivity contribution in [3.8, 4) is 0 Å². The molecule has 7 heteroatoms. The molecule has 0 aromatic heterocycles. The first-order chi connectivity index (χ1) is 12.4. The minimum absolute atomic E-state index is 0.951. The average Bonchev–Trinajstić information content (AvgIpc) is 2.60. The van der Waals surface area contributed by atoms with E-state index < -0.39 is 33.8 Å². The Morgan fingerprint density at radius 1 is 0.667 bits per heavy atom. The maximum atomic E-state index is 6.82. The number of hydrogen-bond acceptors (Lipinski definition) is 3. The molecule has 0 aliphatic rings. The molecule has 0 fully saturated rings. The van der Waals surface area contributed by atoms with Crippen molar-refractivity contribution in [2.24, 2.45) is 0 Å². The van der Waals surface area contributed by atoms with Crippen molar-refractivity contribution >= 4 is 45.0 Å². The van der Waals surface area contributed by atoms with Gasteiger partial charge >= 0.3 is 8.80 Å². The average molecular weight is 435 g/mol. The van der Waals surface area contributed by atoms with Gasteiger partial charge < -0.3 is 12.3 Å². The second kappa shape index (κ2) is 8.95. The fourth-order valence-electron chi connectivity index (χ4n) is 2.35. The molecule has 1 aromatic rings. The van der Waals surface area contributed by atoms with Gasteiger partial charge in [-0.2, -0.15) is 0 Å². The molecule has 0 spiro atoms. The highest BCUT2D eigenvalue weighted by atomic mass is 28.5. The summed E-state index contributed by atoms with van der Waals surface area (Å²) in [5.74, 6) is 0. The number of benzene rings is 1. The van der Waals surface area contributed by atoms with Gasteiger partial charge in [0.1, 0.15) is 0 Å². The molecule has 3 nitrogen and oxygen atoms in total. The molecule has 0 heterocycles. The molecule has 0 unspecified atom stereocenters. The van der Waals surface area contributed by atoms with E-state index in [-0.39, 0.29) is 0 Å². The summed E-state index contributed by atoms with van der Waals surface area (Å²) in [7, 11) is -10.0. The van der Waals surface area contributed by atoms with Gasteiger partial charge in [0.15, 0.2) is 0 Å². The molecule has 1 aromatic carbocycles. The standard InChI is InChI=1S/C20H34O3Si4/c1-11-19-17-15-16-18-20(19)27(21-24(5,6)12-2,22-25(7,8)13-3)23-26(9,10)14-4/h11-18H,1-4H2,5-10H3. The Morgan fingerprint density at radius 3 is 1.37 bits per heavy atom. The first-order valence-corrected chi connectivity index (χ1v) is 19.8. The molecule has 0 bridgehead atoms. The van der Waals surface area contributed by atoms with E-state index in [1.54, 1.807) is 0 Å². The van der Waals surface area contributed by atoms with Crippen LogP contribution in [-0.4, -0.2) is 33.8 Å². The van der Waals surface area contributed by atoms with Crippen molar-refractivity contribution < 1.29 is 12.3 Å². The first kappa shape index (κ1) is 24.0. The summed E-state index contributed by atoms with van der Waals surface area (Å²) < 4.78 is 20.5. The summed E-state index contributed by atoms with van der Waals surface area (Å²) in [5, 5.41) is 0.951. The van der Waals surface area contributed by atoms with Gasteiger partial charge in [-0.25, -0.2) is 0 Å². The number of hydrogen-bond donors (Lipinski definition) is 0. The van der Waals surface area contributed by atoms with Crippen LogP contribution in [0.3, 0.4) is 0 Å². The Balaban J connectivity index is 3.80. The monoisotopic (exact) mass is 434 g/mol. The fraction of sp³-hybridized carbons (Fsp3) is 0.300. The van der Waals surface area contributed by atoms with Crippen molar-refractivity contribution in [2.45, 2.75) is 39.3 Å². The maximum absolute atomic E-state index is 6.82. The van der Waals surface area contributed by atoms with Gasteiger partial charge in [-0.1, -0.05) is 54.0 Å². The zero-order valence-electron chi connectivity index (χ0n) is 17.7. The molecule has 0 amide bonds. The van der Waals surface area contributed by atoms with E-state index in [4.69, 9.17) is 12.3 Å². The van der Waals surface area contributed by atoms with Gasteiger partial charge in [0.2, 0.25) is 25.0 Å². The van der Waals surface area contributed by atoms with Crippen LogP contribution >= 0.6 is 0 Å². The highest BCUT2D eigenvalue weighted by Gasteiger charge is 2.53. The number of rotatable bonds is 11. The summed E-state index contributed by atoms with van der Waals surface area (Å²) in [6, 6.07) is 8.04. The lowest BCUT2D eigenvalue weighted by atomic mass is 10.2. The van der Waals surface area contributed by atoms with Gasteiger partial charge in [0.05, 0.1) is 0 Å². The lowest BCUT2D eigenvalue weighted by molar-refractivity contribution is 0.277. The van der Waals surface area contributed by atoms with E-state index in [1.807, 2.05) is 47.4 Å². The van der Waals surface area contributed by atoms with E-state index in [9.17, 15) is 0 Å². The predicted molar refractivity (Wildman–Crippen MR) is 128 cm³/mol. The van der Waals surface area contributed by atoms with Crippen LogP contribution in [0.15, 0.2) is 67.7 Å². The predicted octanol–water partition coefficient (Wildman–Crippen LogP) is 5.32. The molecule has 0 N–H and O–H groups in total. The maximum Gasteiger partial charge on any atom is 0.507 e. The largest absolute Gasteiger partial charge is 0.507 e. The fourth-order valence-corrected chi connectivity index (χ4v) is 15.4. The Bertz CT molecular complexity index is 656. The van der Waals surface area contributed by atoms with E-state index in [0.29, 0.717) is 0 Å². The molecular formula is C20H34O3Si4. The van der Waals surface area contributed by atoms with Crippen LogP contribution in [0.2, 0.25) is 39.3 Å². The van der Waals surface area contributed by atoms with Gasteiger partial charge in [-0.15, -0.1) is 19.7 Å². The molecule has 0 saturated carbocycles. The third-order valence-electron chi connectivity index (χ3n) is 4.18. The summed E-state index contributed by atoms with van der Waals surface area (Å²) >= 11 is 0. The van der Waals surface area contributed by atoms with Gasteiger partial charge in [-0.3, -0.25) is 0 Å². The normalized spacial score (nSPS) is 13.1. The van der Waals surface area contributed by atoms with Crippen LogP contribution in [0.25, 0.3) is 6.08 Å². The molecule has 148 valence electrons. The Kier molecular flexibility index (Phi) is 7.95. The van der Waals surface area contributed by atoms with Gasteiger partial charge in [0.25, 0.3) is 0 Å². The van der Waals surface area contributed by atoms with Crippen molar-refractivity contribution in [3.05, 3.63) is 73.2 Å². The molecule has 1 rings (SSSR count). The zero-order chi connectivity index (χ0) is 20.9. The molecule has 0 atom stereocenters. The minimum atomic E-state index is -3.31. The highest BCUT2D eigenvalue weighted by molar-refractivity contribution is 6.98. The van der Waals surface area contributed by atoms with E-state index in [2.05, 4.69) is 65.6 Å². The zero-order valence-corrected chi connectivity index (χ0v) is 21.7. The molecule has 0 radical (unpaired) electrons. The minimum Gasteiger partial charge on any atom is -0.409 e. The summed E-state index contributed by atoms with van der Waals surface area (Å²) in [4.78, 5) is 0. The van der Waals surface area contributed by atoms with Gasteiger partial charge in [0, 0.05) is 5.19 Å². The lowest BCUT2D eigenvalue weighted by Gasteiger charge is -2.43. The quantitative estimate of drug-likeness (QED) is 0.441. The smallest absolute Gasteiger partial charge is 0.409 e. The summed E-state index contributed by atoms with van der Waals surface area (Å²) in [6.07, 6.45) is 1.83. The first-order valence-electron chi connectivity index (χ1n) is 9.09. The van der Waals surface area contributed by atoms with Crippen molar-refractivity contribution in [3.63, 3.8) is 0 Å². The van der Waals surface area contributed by atoms with Crippen LogP contribution in [0.1, 0.15) is 5.56 Å². The van der Waals surface area contributed by atoms with E-state index in [1.165, 1.54) is 0 Å². The van der Waals surface area contributed by atoms with Crippen LogP contribution in [0, 0.1) is 0 Å². The van der Waals surface area contributed by atoms with Crippen LogP contribution in [0.4, 0.5) is 0 Å². The highest BCUT2D eigenvalue weighted by Crippen LogP contribution is 2.28. The molecule has 0 aliphatic carbocycles. The Morgan fingerprint density at radius 2 is 1.04 bits per heavy atom. The van der Waals surface area contributed by atoms with Crippen molar-refractivity contribution in [1.29, 1.82) is 0 Å². The lowest BCUT2D eigenvalue weighted by Crippen LogP contribution is -2.68. The van der Waals surface area contributed by atoms with Crippen LogP contribution in [-0.2, 0) is 12.3 Å². The van der Waals surface area contributed by atoms with Crippen molar-refractivity contribution in [1.82, 2.24) is 0 Å². The third kappa shape index (κ3) is 6.49. The van der Waals surface area contributed by atoms with Crippen LogP contribution < -0.4 is 5.19 Å². The summed E-state index contributed by atoms with van der Waals surface area (Å²) in [5.41, 5.74) is 6.73. The molecule has 0 saturated heterocycles. The van der Waals surface area contributed by atoms with E-state index in [0.717, 1.165) is 10.8 Å². The molecule has 0 aliphatic heterocycles. The SMILES string of the molecule is C=Cc1ccccc1[Si](O[Si](C)(C)C=C)(O[Si](C)(C)C=C)O[Si](C)(C)C=C. The summed E-state index contributed by atoms with van der Waals surface area (Å²) in [6.45, 7) is 28.6. The van der Waals surface area contributed by atoms with Crippen molar-refractivity contribution in [2.75, 3.05) is 0 Å². The Hall–Kier alpha value is -1.07. The molecule has 27 heavy (non-hydrogen) atoms. The Labute approximate surface area is 169 Å². The van der Waals surface area contributed by atoms with Crippen LogP contribution in [0.5, 0.6) is 0 Å².